The number of rotatable bonds is 10. The monoisotopic (exact) mass is 528 g/mol. The molecule has 37 heavy (non-hydrogen) atoms. The van der Waals surface area contributed by atoms with Crippen LogP contribution in [0.2, 0.25) is 0 Å². The summed E-state index contributed by atoms with van der Waals surface area (Å²) in [5, 5.41) is 0. The van der Waals surface area contributed by atoms with Crippen LogP contribution in [0.15, 0.2) is 53.5 Å². The van der Waals surface area contributed by atoms with Crippen molar-refractivity contribution in [3.05, 3.63) is 81.5 Å². The molecule has 0 bridgehead atoms. The summed E-state index contributed by atoms with van der Waals surface area (Å²) in [6.45, 7) is 6.48. The lowest BCUT2D eigenvalue weighted by atomic mass is 9.83. The van der Waals surface area contributed by atoms with Crippen molar-refractivity contribution in [2.45, 2.75) is 32.6 Å². The molecule has 7 nitrogen and oxygen atoms in total. The first kappa shape index (κ1) is 28.1. The average Bonchev–Trinajstić information content (AvgIpc) is 2.83. The topological polar surface area (TPSA) is 97.5 Å². The maximum absolute atomic E-state index is 13.9. The van der Waals surface area contributed by atoms with Crippen LogP contribution in [0.3, 0.4) is 0 Å². The Bertz CT molecular complexity index is 1420. The minimum Gasteiger partial charge on any atom is -0.496 e. The summed E-state index contributed by atoms with van der Waals surface area (Å²) in [6, 6.07) is 11.8. The number of nitrogens with one attached hydrogen (secondary N) is 2. The average molecular weight is 529 g/mol. The molecule has 0 fully saturated rings. The molecule has 0 aliphatic carbocycles. The number of aromatic nitrogens is 1. The summed E-state index contributed by atoms with van der Waals surface area (Å²) in [7, 11) is -0.341. The van der Waals surface area contributed by atoms with Crippen LogP contribution in [0.5, 0.6) is 5.75 Å². The second kappa shape index (κ2) is 11.7. The van der Waals surface area contributed by atoms with Crippen LogP contribution >= 0.6 is 0 Å². The fourth-order valence-electron chi connectivity index (χ4n) is 3.86. The van der Waals surface area contributed by atoms with Gasteiger partial charge in [-0.3, -0.25) is 9.52 Å². The summed E-state index contributed by atoms with van der Waals surface area (Å²) < 4.78 is 51.6. The zero-order chi connectivity index (χ0) is 27.2. The Kier molecular flexibility index (Phi) is 8.94. The molecule has 0 unspecified atom stereocenters. The standard InChI is InChI=1S/C28H33FN2O5S/c1-28(2,3)25-16-21(24-17-22(29)18-30-27(24)32)15-20(26(25)36-5)10-7-19-8-11-23(12-9-19)31-37(33,34)14-6-13-35-4/h7-12,15-18,31H,6,13-14H2,1-5H3,(H,30,32). The van der Waals surface area contributed by atoms with Crippen LogP contribution < -0.4 is 15.0 Å². The van der Waals surface area contributed by atoms with Gasteiger partial charge in [-0.15, -0.1) is 0 Å². The van der Waals surface area contributed by atoms with Gasteiger partial charge in [0.05, 0.1) is 12.9 Å². The molecule has 0 radical (unpaired) electrons. The van der Waals surface area contributed by atoms with Gasteiger partial charge in [0.15, 0.2) is 0 Å². The number of ether oxygens (including phenoxy) is 2. The lowest BCUT2D eigenvalue weighted by Gasteiger charge is -2.24. The Balaban J connectivity index is 1.95. The normalized spacial score (nSPS) is 12.2. The molecule has 1 heterocycles. The van der Waals surface area contributed by atoms with Crippen molar-refractivity contribution in [1.82, 2.24) is 4.98 Å². The molecule has 2 N–H and O–H groups in total. The Morgan fingerprint density at radius 1 is 1.05 bits per heavy atom. The molecule has 2 aromatic carbocycles. The quantitative estimate of drug-likeness (QED) is 0.270. The van der Waals surface area contributed by atoms with Gasteiger partial charge in [-0.05, 0) is 53.3 Å². The summed E-state index contributed by atoms with van der Waals surface area (Å²) in [4.78, 5) is 14.9. The lowest BCUT2D eigenvalue weighted by Crippen LogP contribution is -2.17. The van der Waals surface area contributed by atoms with Gasteiger partial charge in [0.1, 0.15) is 11.6 Å². The number of methoxy groups -OCH3 is 2. The third kappa shape index (κ3) is 7.53. The van der Waals surface area contributed by atoms with E-state index in [4.69, 9.17) is 9.47 Å². The van der Waals surface area contributed by atoms with Gasteiger partial charge >= 0.3 is 0 Å². The number of hydrogen-bond acceptors (Lipinski definition) is 5. The number of sulfonamides is 1. The highest BCUT2D eigenvalue weighted by molar-refractivity contribution is 7.92. The number of halogens is 1. The van der Waals surface area contributed by atoms with Crippen molar-refractivity contribution < 1.29 is 22.3 Å². The third-order valence-electron chi connectivity index (χ3n) is 5.71. The molecule has 0 aliphatic heterocycles. The van der Waals surface area contributed by atoms with Gasteiger partial charge < -0.3 is 14.5 Å². The molecule has 1 aromatic heterocycles. The van der Waals surface area contributed by atoms with Crippen molar-refractivity contribution >= 4 is 27.9 Å². The zero-order valence-corrected chi connectivity index (χ0v) is 22.5. The fraction of sp³-hybridized carbons (Fsp3) is 0.321. The highest BCUT2D eigenvalue weighted by Gasteiger charge is 2.23. The van der Waals surface area contributed by atoms with Crippen molar-refractivity contribution in [1.29, 1.82) is 0 Å². The SMILES string of the molecule is COCCCS(=O)(=O)Nc1ccc(C=Cc2cc(-c3cc(F)c[nH]c3=O)cc(C(C)(C)C)c2OC)cc1. The van der Waals surface area contributed by atoms with E-state index < -0.39 is 15.8 Å². The number of pyridine rings is 1. The van der Waals surface area contributed by atoms with Gasteiger partial charge in [0.25, 0.3) is 5.56 Å². The molecule has 3 aromatic rings. The van der Waals surface area contributed by atoms with Crippen molar-refractivity contribution in [2.24, 2.45) is 0 Å². The molecular formula is C28H33FN2O5S. The highest BCUT2D eigenvalue weighted by atomic mass is 32.2. The fourth-order valence-corrected chi connectivity index (χ4v) is 4.95. The zero-order valence-electron chi connectivity index (χ0n) is 21.7. The summed E-state index contributed by atoms with van der Waals surface area (Å²) in [5.41, 5.74) is 2.98. The van der Waals surface area contributed by atoms with Crippen molar-refractivity contribution in [2.75, 3.05) is 31.3 Å². The van der Waals surface area contributed by atoms with Crippen LogP contribution in [-0.2, 0) is 20.2 Å². The van der Waals surface area contributed by atoms with E-state index in [0.29, 0.717) is 30.0 Å². The van der Waals surface area contributed by atoms with E-state index in [1.54, 1.807) is 37.4 Å². The molecule has 0 atom stereocenters. The largest absolute Gasteiger partial charge is 0.496 e. The second-order valence-corrected chi connectivity index (χ2v) is 11.5. The maximum atomic E-state index is 13.9. The second-order valence-electron chi connectivity index (χ2n) is 9.68. The molecule has 3 rings (SSSR count). The Labute approximate surface area is 217 Å². The van der Waals surface area contributed by atoms with E-state index in [2.05, 4.69) is 9.71 Å². The first-order valence-electron chi connectivity index (χ1n) is 11.8. The molecular weight excluding hydrogens is 495 g/mol. The summed E-state index contributed by atoms with van der Waals surface area (Å²) >= 11 is 0. The summed E-state index contributed by atoms with van der Waals surface area (Å²) in [6.07, 6.45) is 5.16. The molecule has 0 aliphatic rings. The number of benzene rings is 2. The van der Waals surface area contributed by atoms with Crippen molar-refractivity contribution in [3.8, 4) is 16.9 Å². The van der Waals surface area contributed by atoms with E-state index in [0.717, 1.165) is 22.9 Å². The van der Waals surface area contributed by atoms with Crippen LogP contribution in [0, 0.1) is 5.82 Å². The predicted molar refractivity (Wildman–Crippen MR) is 147 cm³/mol. The third-order valence-corrected chi connectivity index (χ3v) is 7.08. The van der Waals surface area contributed by atoms with Gasteiger partial charge in [-0.1, -0.05) is 45.1 Å². The Hall–Kier alpha value is -3.43. The van der Waals surface area contributed by atoms with E-state index in [9.17, 15) is 17.6 Å². The number of H-pyrrole nitrogens is 1. The smallest absolute Gasteiger partial charge is 0.256 e. The van der Waals surface area contributed by atoms with Crippen LogP contribution in [0.25, 0.3) is 23.3 Å². The number of hydrogen-bond donors (Lipinski definition) is 2. The van der Waals surface area contributed by atoms with Gasteiger partial charge in [-0.2, -0.15) is 0 Å². The van der Waals surface area contributed by atoms with E-state index >= 15 is 0 Å². The Morgan fingerprint density at radius 2 is 1.76 bits per heavy atom. The summed E-state index contributed by atoms with van der Waals surface area (Å²) in [5.74, 6) is 0.0955. The van der Waals surface area contributed by atoms with Crippen molar-refractivity contribution in [3.63, 3.8) is 0 Å². The van der Waals surface area contributed by atoms with Crippen LogP contribution in [0.4, 0.5) is 10.1 Å². The number of aromatic amines is 1. The highest BCUT2D eigenvalue weighted by Crippen LogP contribution is 2.38. The van der Waals surface area contributed by atoms with Gasteiger partial charge in [-0.25, -0.2) is 12.8 Å². The Morgan fingerprint density at radius 3 is 2.38 bits per heavy atom. The molecule has 198 valence electrons. The van der Waals surface area contributed by atoms with Crippen LogP contribution in [-0.4, -0.2) is 40.0 Å². The van der Waals surface area contributed by atoms with E-state index in [1.165, 1.54) is 13.2 Å². The van der Waals surface area contributed by atoms with Crippen LogP contribution in [0.1, 0.15) is 43.9 Å². The molecule has 9 heteroatoms. The van der Waals surface area contributed by atoms with E-state index in [-0.39, 0.29) is 22.3 Å². The first-order chi connectivity index (χ1) is 17.4. The molecule has 0 saturated heterocycles. The van der Waals surface area contributed by atoms with E-state index in [1.807, 2.05) is 39.0 Å². The minimum absolute atomic E-state index is 0.0249. The predicted octanol–water partition coefficient (Wildman–Crippen LogP) is 5.44. The van der Waals surface area contributed by atoms with Gasteiger partial charge in [0.2, 0.25) is 10.0 Å². The lowest BCUT2D eigenvalue weighted by molar-refractivity contribution is 0.199. The molecule has 0 amide bonds. The number of anilines is 1. The molecule has 0 spiro atoms. The minimum atomic E-state index is -3.46. The van der Waals surface area contributed by atoms with Gasteiger partial charge in [0, 0.05) is 42.3 Å². The molecule has 0 saturated carbocycles. The maximum Gasteiger partial charge on any atom is 0.256 e. The first-order valence-corrected chi connectivity index (χ1v) is 13.5.